The van der Waals surface area contributed by atoms with Crippen LogP contribution >= 0.6 is 0 Å². The summed E-state index contributed by atoms with van der Waals surface area (Å²) in [5.74, 6) is -0.487. The summed E-state index contributed by atoms with van der Waals surface area (Å²) in [6.45, 7) is 1.92. The van der Waals surface area contributed by atoms with Gasteiger partial charge in [-0.2, -0.15) is 0 Å². The fraction of sp³-hybridized carbons (Fsp3) is 0.188. The lowest BCUT2D eigenvalue weighted by Crippen LogP contribution is -2.35. The van der Waals surface area contributed by atoms with E-state index in [1.54, 1.807) is 25.2 Å². The van der Waals surface area contributed by atoms with Crippen molar-refractivity contribution in [3.63, 3.8) is 0 Å². The lowest BCUT2D eigenvalue weighted by atomic mass is 10.1. The highest BCUT2D eigenvalue weighted by Crippen LogP contribution is 2.27. The molecular weight excluding hydrogens is 333 g/mol. The van der Waals surface area contributed by atoms with E-state index in [9.17, 15) is 17.6 Å². The first kappa shape index (κ1) is 16.3. The van der Waals surface area contributed by atoms with Gasteiger partial charge in [0.2, 0.25) is 0 Å². The van der Waals surface area contributed by atoms with Crippen molar-refractivity contribution in [2.45, 2.75) is 18.4 Å². The number of aryl methyl sites for hydroxylation is 1. The average Bonchev–Trinajstić information content (AvgIpc) is 2.48. The molecule has 6 nitrogen and oxygen atoms in total. The third-order valence-electron chi connectivity index (χ3n) is 3.78. The number of amides is 2. The molecule has 0 radical (unpaired) electrons. The fourth-order valence-electron chi connectivity index (χ4n) is 2.57. The Hall–Kier alpha value is -2.61. The number of hydrogen-bond acceptors (Lipinski definition) is 3. The van der Waals surface area contributed by atoms with E-state index in [1.807, 2.05) is 0 Å². The Labute approximate surface area is 139 Å². The Morgan fingerprint density at radius 2 is 1.96 bits per heavy atom. The minimum atomic E-state index is -3.83. The van der Waals surface area contributed by atoms with Crippen LogP contribution in [0.4, 0.5) is 20.6 Å². The summed E-state index contributed by atoms with van der Waals surface area (Å²) < 4.78 is 40.7. The zero-order valence-electron chi connectivity index (χ0n) is 13.1. The molecule has 8 heteroatoms. The van der Waals surface area contributed by atoms with Crippen LogP contribution < -0.4 is 10.0 Å². The molecule has 1 aliphatic rings. The van der Waals surface area contributed by atoms with Crippen molar-refractivity contribution >= 4 is 27.4 Å². The summed E-state index contributed by atoms with van der Waals surface area (Å²) in [5.41, 5.74) is 2.15. The van der Waals surface area contributed by atoms with Crippen molar-refractivity contribution in [1.82, 2.24) is 4.90 Å². The van der Waals surface area contributed by atoms with Crippen LogP contribution in [0.15, 0.2) is 41.3 Å². The van der Waals surface area contributed by atoms with E-state index in [0.29, 0.717) is 23.5 Å². The summed E-state index contributed by atoms with van der Waals surface area (Å²) in [7, 11) is -2.18. The molecule has 1 aliphatic heterocycles. The van der Waals surface area contributed by atoms with E-state index in [0.717, 1.165) is 11.6 Å². The normalized spacial score (nSPS) is 14.1. The quantitative estimate of drug-likeness (QED) is 0.894. The summed E-state index contributed by atoms with van der Waals surface area (Å²) in [6.07, 6.45) is 0. The van der Waals surface area contributed by atoms with Crippen LogP contribution in [0, 0.1) is 12.7 Å². The number of nitrogens with zero attached hydrogens (tertiary/aromatic N) is 1. The molecule has 3 rings (SSSR count). The zero-order valence-corrected chi connectivity index (χ0v) is 13.9. The summed E-state index contributed by atoms with van der Waals surface area (Å²) in [5, 5.41) is 2.71. The summed E-state index contributed by atoms with van der Waals surface area (Å²) >= 11 is 0. The Bertz CT molecular complexity index is 928. The van der Waals surface area contributed by atoms with E-state index in [4.69, 9.17) is 0 Å². The van der Waals surface area contributed by atoms with Gasteiger partial charge >= 0.3 is 6.03 Å². The minimum Gasteiger partial charge on any atom is -0.323 e. The van der Waals surface area contributed by atoms with Crippen molar-refractivity contribution in [2.75, 3.05) is 17.1 Å². The van der Waals surface area contributed by atoms with Crippen LogP contribution in [-0.4, -0.2) is 26.4 Å². The molecular formula is C16H16FN3O3S. The average molecular weight is 349 g/mol. The molecule has 0 spiro atoms. The number of benzene rings is 2. The van der Waals surface area contributed by atoms with Crippen molar-refractivity contribution in [2.24, 2.45) is 0 Å². The van der Waals surface area contributed by atoms with E-state index in [1.165, 1.54) is 24.0 Å². The van der Waals surface area contributed by atoms with Crippen LogP contribution in [0.1, 0.15) is 11.1 Å². The molecule has 2 aromatic rings. The number of hydrogen-bond donors (Lipinski definition) is 2. The van der Waals surface area contributed by atoms with Crippen LogP contribution in [0.3, 0.4) is 0 Å². The van der Waals surface area contributed by atoms with Crippen molar-refractivity contribution in [3.8, 4) is 0 Å². The van der Waals surface area contributed by atoms with Crippen LogP contribution in [-0.2, 0) is 16.6 Å². The monoisotopic (exact) mass is 349 g/mol. The van der Waals surface area contributed by atoms with E-state index in [2.05, 4.69) is 10.0 Å². The first-order chi connectivity index (χ1) is 11.3. The number of halogens is 1. The van der Waals surface area contributed by atoms with Crippen LogP contribution in [0.5, 0.6) is 0 Å². The molecule has 2 N–H and O–H groups in total. The molecule has 0 saturated carbocycles. The Balaban J connectivity index is 1.91. The summed E-state index contributed by atoms with van der Waals surface area (Å²) in [4.78, 5) is 13.1. The minimum absolute atomic E-state index is 0.0204. The first-order valence-corrected chi connectivity index (χ1v) is 8.68. The van der Waals surface area contributed by atoms with Gasteiger partial charge in [-0.25, -0.2) is 17.6 Å². The second-order valence-electron chi connectivity index (χ2n) is 5.67. The fourth-order valence-corrected chi connectivity index (χ4v) is 3.85. The molecule has 1 heterocycles. The lowest BCUT2D eigenvalue weighted by molar-refractivity contribution is 0.218. The Morgan fingerprint density at radius 1 is 1.21 bits per heavy atom. The molecule has 0 atom stereocenters. The molecule has 2 amide bonds. The highest BCUT2D eigenvalue weighted by atomic mass is 32.2. The van der Waals surface area contributed by atoms with Gasteiger partial charge in [0.25, 0.3) is 10.0 Å². The number of carbonyl (C=O) groups is 1. The van der Waals surface area contributed by atoms with E-state index in [-0.39, 0.29) is 10.9 Å². The first-order valence-electron chi connectivity index (χ1n) is 7.20. The SMILES string of the molecule is Cc1cc(F)ccc1S(=O)(=O)Nc1ccc2c(c1)CN(C)C(=O)N2. The molecule has 0 bridgehead atoms. The molecule has 126 valence electrons. The Morgan fingerprint density at radius 3 is 2.67 bits per heavy atom. The molecule has 0 aromatic heterocycles. The van der Waals surface area contributed by atoms with Crippen molar-refractivity contribution in [1.29, 1.82) is 0 Å². The third-order valence-corrected chi connectivity index (χ3v) is 5.32. The van der Waals surface area contributed by atoms with Gasteiger partial charge in [-0.05, 0) is 54.4 Å². The molecule has 0 unspecified atom stereocenters. The molecule has 0 fully saturated rings. The smallest absolute Gasteiger partial charge is 0.321 e. The van der Waals surface area contributed by atoms with Gasteiger partial charge in [-0.15, -0.1) is 0 Å². The second-order valence-corrected chi connectivity index (χ2v) is 7.32. The molecule has 24 heavy (non-hydrogen) atoms. The van der Waals surface area contributed by atoms with Gasteiger partial charge in [0.1, 0.15) is 5.82 Å². The molecule has 2 aromatic carbocycles. The van der Waals surface area contributed by atoms with Crippen molar-refractivity contribution < 1.29 is 17.6 Å². The van der Waals surface area contributed by atoms with Gasteiger partial charge < -0.3 is 10.2 Å². The Kier molecular flexibility index (Phi) is 3.92. The van der Waals surface area contributed by atoms with E-state index < -0.39 is 15.8 Å². The maximum atomic E-state index is 13.2. The van der Waals surface area contributed by atoms with Crippen LogP contribution in [0.25, 0.3) is 0 Å². The summed E-state index contributed by atoms with van der Waals surface area (Å²) in [6, 6.07) is 8.19. The number of sulfonamides is 1. The number of carbonyl (C=O) groups excluding carboxylic acids is 1. The number of rotatable bonds is 3. The maximum Gasteiger partial charge on any atom is 0.321 e. The number of anilines is 2. The number of nitrogens with one attached hydrogen (secondary N) is 2. The van der Waals surface area contributed by atoms with Crippen LogP contribution in [0.2, 0.25) is 0 Å². The molecule has 0 aliphatic carbocycles. The lowest BCUT2D eigenvalue weighted by Gasteiger charge is -2.26. The second kappa shape index (κ2) is 5.79. The zero-order chi connectivity index (χ0) is 17.5. The topological polar surface area (TPSA) is 78.5 Å². The molecule has 0 saturated heterocycles. The standard InChI is InChI=1S/C16H16FN3O3S/c1-10-7-12(17)3-6-15(10)24(22,23)19-13-4-5-14-11(8-13)9-20(2)16(21)18-14/h3-8,19H,9H2,1-2H3,(H,18,21). The maximum absolute atomic E-state index is 13.2. The van der Waals surface area contributed by atoms with E-state index >= 15 is 0 Å². The highest BCUT2D eigenvalue weighted by molar-refractivity contribution is 7.92. The van der Waals surface area contributed by atoms with Gasteiger partial charge in [0, 0.05) is 25.0 Å². The number of urea groups is 1. The van der Waals surface area contributed by atoms with Gasteiger partial charge in [-0.3, -0.25) is 4.72 Å². The van der Waals surface area contributed by atoms with Gasteiger partial charge in [-0.1, -0.05) is 0 Å². The van der Waals surface area contributed by atoms with Crippen molar-refractivity contribution in [3.05, 3.63) is 53.3 Å². The van der Waals surface area contributed by atoms with Gasteiger partial charge in [0.05, 0.1) is 4.90 Å². The number of fused-ring (bicyclic) bond motifs is 1. The third kappa shape index (κ3) is 3.05. The highest BCUT2D eigenvalue weighted by Gasteiger charge is 2.21. The largest absolute Gasteiger partial charge is 0.323 e. The van der Waals surface area contributed by atoms with Gasteiger partial charge in [0.15, 0.2) is 0 Å². The predicted octanol–water partition coefficient (Wildman–Crippen LogP) is 2.91. The predicted molar refractivity (Wildman–Crippen MR) is 88.9 cm³/mol.